The minimum absolute atomic E-state index is 0.129. The van der Waals surface area contributed by atoms with E-state index < -0.39 is 34.0 Å². The van der Waals surface area contributed by atoms with Crippen molar-refractivity contribution >= 4 is 29.1 Å². The number of halogens is 1. The van der Waals surface area contributed by atoms with Gasteiger partial charge in [-0.2, -0.15) is 0 Å². The highest BCUT2D eigenvalue weighted by molar-refractivity contribution is 6.31. The number of rotatable bonds is 4. The molecule has 2 aromatic rings. The fraction of sp³-hybridized carbons (Fsp3) is 0.235. The van der Waals surface area contributed by atoms with Gasteiger partial charge < -0.3 is 16.0 Å². The Morgan fingerprint density at radius 3 is 2.70 bits per heavy atom. The predicted octanol–water partition coefficient (Wildman–Crippen LogP) is 1.84. The van der Waals surface area contributed by atoms with Crippen molar-refractivity contribution < 1.29 is 14.5 Å². The summed E-state index contributed by atoms with van der Waals surface area (Å²) < 4.78 is 0. The van der Waals surface area contributed by atoms with Gasteiger partial charge in [0.25, 0.3) is 23.1 Å². The summed E-state index contributed by atoms with van der Waals surface area (Å²) in [6.45, 7) is 0. The van der Waals surface area contributed by atoms with Crippen molar-refractivity contribution in [2.24, 2.45) is 5.73 Å². The summed E-state index contributed by atoms with van der Waals surface area (Å²) in [5, 5.41) is 14.1. The topological polar surface area (TPSA) is 148 Å². The maximum atomic E-state index is 12.6. The molecular weight excluding hydrogens is 376 g/mol. The van der Waals surface area contributed by atoms with Gasteiger partial charge in [-0.15, -0.1) is 0 Å². The fourth-order valence-corrected chi connectivity index (χ4v) is 3.32. The van der Waals surface area contributed by atoms with E-state index in [0.29, 0.717) is 30.5 Å². The molecule has 10 heteroatoms. The molecule has 1 aliphatic rings. The van der Waals surface area contributed by atoms with Crippen molar-refractivity contribution in [2.75, 3.05) is 0 Å². The van der Waals surface area contributed by atoms with E-state index >= 15 is 0 Å². The molecule has 0 radical (unpaired) electrons. The Bertz CT molecular complexity index is 1020. The van der Waals surface area contributed by atoms with Crippen molar-refractivity contribution in [2.45, 2.75) is 25.3 Å². The molecule has 1 unspecified atom stereocenters. The van der Waals surface area contributed by atoms with Crippen LogP contribution in [0.4, 0.5) is 5.69 Å². The molecule has 0 spiro atoms. The number of fused-ring (bicyclic) bond motifs is 1. The highest BCUT2D eigenvalue weighted by atomic mass is 35.5. The smallest absolute Gasteiger partial charge is 0.283 e. The Morgan fingerprint density at radius 2 is 2.04 bits per heavy atom. The summed E-state index contributed by atoms with van der Waals surface area (Å²) in [6, 6.07) is 4.62. The first-order chi connectivity index (χ1) is 12.8. The molecule has 9 nitrogen and oxygen atoms in total. The van der Waals surface area contributed by atoms with Gasteiger partial charge >= 0.3 is 0 Å². The Balaban J connectivity index is 1.96. The van der Waals surface area contributed by atoms with Gasteiger partial charge in [0.2, 0.25) is 0 Å². The van der Waals surface area contributed by atoms with Gasteiger partial charge in [-0.25, -0.2) is 0 Å². The van der Waals surface area contributed by atoms with Crippen LogP contribution in [-0.2, 0) is 6.42 Å². The number of primary amides is 1. The van der Waals surface area contributed by atoms with Crippen molar-refractivity contribution in [3.05, 3.63) is 72.1 Å². The number of nitrogens with zero attached hydrogens (tertiary/aromatic N) is 1. The molecule has 0 fully saturated rings. The van der Waals surface area contributed by atoms with Crippen LogP contribution in [0.2, 0.25) is 5.02 Å². The Morgan fingerprint density at radius 1 is 1.30 bits per heavy atom. The van der Waals surface area contributed by atoms with Crippen LogP contribution in [0.15, 0.2) is 29.1 Å². The zero-order chi connectivity index (χ0) is 19.7. The molecule has 1 aliphatic carbocycles. The van der Waals surface area contributed by atoms with Crippen LogP contribution >= 0.6 is 11.6 Å². The average molecular weight is 391 g/mol. The number of amides is 2. The maximum Gasteiger partial charge on any atom is 0.283 e. The number of aryl methyl sites for hydroxylation is 1. The monoisotopic (exact) mass is 390 g/mol. The van der Waals surface area contributed by atoms with E-state index in [-0.39, 0.29) is 16.1 Å². The number of nitro groups is 1. The van der Waals surface area contributed by atoms with Crippen molar-refractivity contribution in [1.29, 1.82) is 0 Å². The third-order valence-corrected chi connectivity index (χ3v) is 4.66. The average Bonchev–Trinajstić information content (AvgIpc) is 2.60. The van der Waals surface area contributed by atoms with E-state index in [1.165, 1.54) is 18.2 Å². The molecule has 0 aliphatic heterocycles. The standard InChI is InChI=1S/C17H15ClN4O5/c18-8-4-5-9(14(6-8)22(26)27)16(24)20-12-2-1-3-13-10(12)7-11(15(19)23)17(25)21-13/h4-7,12H,1-3H2,(H2,19,23)(H,20,24)(H,21,25). The number of H-pyrrole nitrogens is 1. The summed E-state index contributed by atoms with van der Waals surface area (Å²) in [5.41, 5.74) is 5.07. The van der Waals surface area contributed by atoms with Crippen LogP contribution in [0.3, 0.4) is 0 Å². The number of aromatic nitrogens is 1. The SMILES string of the molecule is NC(=O)c1cc2c([nH]c1=O)CCCC2NC(=O)c1ccc(Cl)cc1[N+](=O)[O-]. The molecule has 1 heterocycles. The summed E-state index contributed by atoms with van der Waals surface area (Å²) in [5.74, 6) is -1.52. The summed E-state index contributed by atoms with van der Waals surface area (Å²) in [6.07, 6.45) is 1.81. The van der Waals surface area contributed by atoms with E-state index in [0.717, 1.165) is 6.07 Å². The van der Waals surface area contributed by atoms with Gasteiger partial charge in [0, 0.05) is 16.8 Å². The molecule has 0 saturated carbocycles. The molecule has 1 atom stereocenters. The largest absolute Gasteiger partial charge is 0.365 e. The van der Waals surface area contributed by atoms with E-state index in [2.05, 4.69) is 10.3 Å². The second-order valence-electron chi connectivity index (χ2n) is 6.15. The van der Waals surface area contributed by atoms with Crippen LogP contribution in [0, 0.1) is 10.1 Å². The second-order valence-corrected chi connectivity index (χ2v) is 6.58. The Labute approximate surface area is 157 Å². The molecule has 0 saturated heterocycles. The molecule has 0 bridgehead atoms. The number of pyridine rings is 1. The van der Waals surface area contributed by atoms with E-state index in [4.69, 9.17) is 17.3 Å². The normalized spacial score (nSPS) is 15.7. The first-order valence-corrected chi connectivity index (χ1v) is 8.46. The highest BCUT2D eigenvalue weighted by Crippen LogP contribution is 2.30. The van der Waals surface area contributed by atoms with Crippen LogP contribution in [-0.4, -0.2) is 21.7 Å². The highest BCUT2D eigenvalue weighted by Gasteiger charge is 2.27. The third-order valence-electron chi connectivity index (χ3n) is 4.42. The maximum absolute atomic E-state index is 12.6. The third kappa shape index (κ3) is 3.68. The number of nitro benzene ring substituents is 1. The summed E-state index contributed by atoms with van der Waals surface area (Å²) in [4.78, 5) is 49.1. The van der Waals surface area contributed by atoms with Crippen molar-refractivity contribution in [1.82, 2.24) is 10.3 Å². The van der Waals surface area contributed by atoms with Gasteiger partial charge in [0.05, 0.1) is 11.0 Å². The lowest BCUT2D eigenvalue weighted by Gasteiger charge is -2.26. The molecule has 140 valence electrons. The molecule has 1 aromatic carbocycles. The molecular formula is C17H15ClN4O5. The number of hydrogen-bond donors (Lipinski definition) is 3. The van der Waals surface area contributed by atoms with Crippen LogP contribution in [0.5, 0.6) is 0 Å². The van der Waals surface area contributed by atoms with Gasteiger partial charge in [0.1, 0.15) is 11.1 Å². The fourth-order valence-electron chi connectivity index (χ4n) is 3.16. The van der Waals surface area contributed by atoms with Gasteiger partial charge in [-0.05, 0) is 43.0 Å². The number of carbonyl (C=O) groups excluding carboxylic acids is 2. The number of aromatic amines is 1. The van der Waals surface area contributed by atoms with Crippen LogP contribution in [0.1, 0.15) is 50.9 Å². The van der Waals surface area contributed by atoms with Gasteiger partial charge in [-0.1, -0.05) is 11.6 Å². The van der Waals surface area contributed by atoms with Crippen molar-refractivity contribution in [3.8, 4) is 0 Å². The second kappa shape index (κ2) is 7.20. The number of nitrogens with one attached hydrogen (secondary N) is 2. The number of carbonyl (C=O) groups is 2. The lowest BCUT2D eigenvalue weighted by molar-refractivity contribution is -0.385. The van der Waals surface area contributed by atoms with Crippen LogP contribution in [0.25, 0.3) is 0 Å². The van der Waals surface area contributed by atoms with Crippen molar-refractivity contribution in [3.63, 3.8) is 0 Å². The van der Waals surface area contributed by atoms with E-state index in [9.17, 15) is 24.5 Å². The Kier molecular flexibility index (Phi) is 4.95. The minimum Gasteiger partial charge on any atom is -0.365 e. The van der Waals surface area contributed by atoms with Gasteiger partial charge in [0.15, 0.2) is 0 Å². The number of hydrogen-bond acceptors (Lipinski definition) is 5. The molecule has 27 heavy (non-hydrogen) atoms. The Hall–Kier alpha value is -3.20. The predicted molar refractivity (Wildman–Crippen MR) is 96.8 cm³/mol. The lowest BCUT2D eigenvalue weighted by atomic mass is 9.90. The van der Waals surface area contributed by atoms with Gasteiger partial charge in [-0.3, -0.25) is 24.5 Å². The first-order valence-electron chi connectivity index (χ1n) is 8.08. The lowest BCUT2D eigenvalue weighted by Crippen LogP contribution is -2.34. The molecule has 4 N–H and O–H groups in total. The number of nitrogens with two attached hydrogens (primary N) is 1. The van der Waals surface area contributed by atoms with Crippen LogP contribution < -0.4 is 16.6 Å². The summed E-state index contributed by atoms with van der Waals surface area (Å²) in [7, 11) is 0. The molecule has 3 rings (SSSR count). The number of benzene rings is 1. The molecule has 2 amide bonds. The summed E-state index contributed by atoms with van der Waals surface area (Å²) >= 11 is 5.77. The van der Waals surface area contributed by atoms with E-state index in [1.54, 1.807) is 0 Å². The zero-order valence-electron chi connectivity index (χ0n) is 14.0. The zero-order valence-corrected chi connectivity index (χ0v) is 14.7. The molecule has 1 aromatic heterocycles. The quantitative estimate of drug-likeness (QED) is 0.538. The first kappa shape index (κ1) is 18.6. The van der Waals surface area contributed by atoms with E-state index in [1.807, 2.05) is 0 Å². The minimum atomic E-state index is -0.872.